The minimum absolute atomic E-state index is 0.0297. The van der Waals surface area contributed by atoms with Crippen LogP contribution in [0.4, 0.5) is 0 Å². The van der Waals surface area contributed by atoms with E-state index in [1.807, 2.05) is 6.92 Å². The molecular weight excluding hydrogens is 228 g/mol. The first-order chi connectivity index (χ1) is 8.56. The molecule has 0 bridgehead atoms. The van der Waals surface area contributed by atoms with Crippen LogP contribution in [0.2, 0.25) is 0 Å². The molecular formula is C14H28N2O2. The minimum Gasteiger partial charge on any atom is -0.393 e. The number of unbranched alkanes of at least 4 members (excludes halogenated alkanes) is 1. The predicted molar refractivity (Wildman–Crippen MR) is 73.4 cm³/mol. The van der Waals surface area contributed by atoms with Crippen LogP contribution in [-0.4, -0.2) is 47.7 Å². The average molecular weight is 256 g/mol. The molecule has 1 saturated heterocycles. The van der Waals surface area contributed by atoms with Gasteiger partial charge in [0.15, 0.2) is 0 Å². The number of rotatable bonds is 6. The van der Waals surface area contributed by atoms with Crippen molar-refractivity contribution in [1.29, 1.82) is 0 Å². The van der Waals surface area contributed by atoms with E-state index in [4.69, 9.17) is 0 Å². The van der Waals surface area contributed by atoms with Gasteiger partial charge in [-0.2, -0.15) is 0 Å². The molecule has 3 unspecified atom stereocenters. The number of aliphatic hydroxyl groups excluding tert-OH is 1. The third-order valence-corrected chi connectivity index (χ3v) is 3.76. The maximum absolute atomic E-state index is 11.2. The molecule has 4 heteroatoms. The highest BCUT2D eigenvalue weighted by Gasteiger charge is 2.30. The summed E-state index contributed by atoms with van der Waals surface area (Å²) in [5.74, 6) is 0.319. The number of aliphatic hydroxyl groups is 1. The molecule has 1 heterocycles. The number of amides is 1. The molecule has 0 radical (unpaired) electrons. The van der Waals surface area contributed by atoms with Gasteiger partial charge >= 0.3 is 0 Å². The van der Waals surface area contributed by atoms with Crippen molar-refractivity contribution in [1.82, 2.24) is 10.2 Å². The number of nitrogens with one attached hydrogen (secondary N) is 1. The van der Waals surface area contributed by atoms with Crippen LogP contribution < -0.4 is 5.32 Å². The minimum atomic E-state index is -0.245. The Morgan fingerprint density at radius 3 is 2.72 bits per heavy atom. The maximum Gasteiger partial charge on any atom is 0.217 e. The molecule has 0 aromatic carbocycles. The van der Waals surface area contributed by atoms with Gasteiger partial charge < -0.3 is 15.3 Å². The standard InChI is InChI=1S/C14H28N2O2/c1-4-6-7-16-9-12(14(18)5-2)8-13(10-16)15-11(3)17/h12-14,18H,4-10H2,1-3H3,(H,15,17). The summed E-state index contributed by atoms with van der Waals surface area (Å²) in [6.45, 7) is 8.73. The van der Waals surface area contributed by atoms with Crippen LogP contribution in [0, 0.1) is 5.92 Å². The van der Waals surface area contributed by atoms with Gasteiger partial charge in [0.25, 0.3) is 0 Å². The van der Waals surface area contributed by atoms with Crippen molar-refractivity contribution in [2.75, 3.05) is 19.6 Å². The quantitative estimate of drug-likeness (QED) is 0.755. The topological polar surface area (TPSA) is 52.6 Å². The molecule has 1 fully saturated rings. The summed E-state index contributed by atoms with van der Waals surface area (Å²) in [4.78, 5) is 13.6. The first-order valence-corrected chi connectivity index (χ1v) is 7.24. The van der Waals surface area contributed by atoms with Crippen LogP contribution >= 0.6 is 0 Å². The van der Waals surface area contributed by atoms with Crippen molar-refractivity contribution >= 4 is 5.91 Å². The van der Waals surface area contributed by atoms with Crippen molar-refractivity contribution in [2.45, 2.75) is 58.6 Å². The average Bonchev–Trinajstić information content (AvgIpc) is 2.34. The smallest absolute Gasteiger partial charge is 0.217 e. The molecule has 1 aliphatic heterocycles. The zero-order valence-electron chi connectivity index (χ0n) is 12.0. The van der Waals surface area contributed by atoms with Gasteiger partial charge in [-0.1, -0.05) is 20.3 Å². The number of nitrogens with zero attached hydrogens (tertiary/aromatic N) is 1. The van der Waals surface area contributed by atoms with Gasteiger partial charge in [0.05, 0.1) is 6.10 Å². The second-order valence-electron chi connectivity index (χ2n) is 5.48. The molecule has 0 aromatic heterocycles. The van der Waals surface area contributed by atoms with Gasteiger partial charge in [-0.3, -0.25) is 4.79 Å². The lowest BCUT2D eigenvalue weighted by molar-refractivity contribution is -0.120. The second-order valence-corrected chi connectivity index (χ2v) is 5.48. The van der Waals surface area contributed by atoms with Crippen LogP contribution in [-0.2, 0) is 4.79 Å². The van der Waals surface area contributed by atoms with Crippen molar-refractivity contribution in [2.24, 2.45) is 5.92 Å². The lowest BCUT2D eigenvalue weighted by Gasteiger charge is -2.39. The fourth-order valence-corrected chi connectivity index (χ4v) is 2.80. The zero-order chi connectivity index (χ0) is 13.5. The molecule has 0 saturated carbocycles. The highest BCUT2D eigenvalue weighted by Crippen LogP contribution is 2.22. The van der Waals surface area contributed by atoms with Crippen molar-refractivity contribution in [3.8, 4) is 0 Å². The van der Waals surface area contributed by atoms with E-state index < -0.39 is 0 Å². The Morgan fingerprint density at radius 2 is 2.17 bits per heavy atom. The van der Waals surface area contributed by atoms with Crippen molar-refractivity contribution in [3.05, 3.63) is 0 Å². The summed E-state index contributed by atoms with van der Waals surface area (Å²) in [7, 11) is 0. The SMILES string of the molecule is CCCCN1CC(NC(C)=O)CC(C(O)CC)C1. The van der Waals surface area contributed by atoms with Crippen molar-refractivity contribution < 1.29 is 9.90 Å². The molecule has 2 N–H and O–H groups in total. The van der Waals surface area contributed by atoms with Crippen molar-refractivity contribution in [3.63, 3.8) is 0 Å². The molecule has 1 rings (SSSR count). The highest BCUT2D eigenvalue weighted by molar-refractivity contribution is 5.73. The van der Waals surface area contributed by atoms with E-state index in [1.54, 1.807) is 6.92 Å². The number of carbonyl (C=O) groups is 1. The third-order valence-electron chi connectivity index (χ3n) is 3.76. The number of hydrogen-bond donors (Lipinski definition) is 2. The van der Waals surface area contributed by atoms with Crippen LogP contribution in [0.5, 0.6) is 0 Å². The Kier molecular flexibility index (Phi) is 6.65. The Hall–Kier alpha value is -0.610. The molecule has 106 valence electrons. The second kappa shape index (κ2) is 7.74. The summed E-state index contributed by atoms with van der Waals surface area (Å²) in [5.41, 5.74) is 0. The molecule has 0 spiro atoms. The van der Waals surface area contributed by atoms with Crippen LogP contribution in [0.1, 0.15) is 46.5 Å². The summed E-state index contributed by atoms with van der Waals surface area (Å²) >= 11 is 0. The Balaban J connectivity index is 2.56. The summed E-state index contributed by atoms with van der Waals surface area (Å²) in [6.07, 6.45) is 3.81. The monoisotopic (exact) mass is 256 g/mol. The molecule has 0 aliphatic carbocycles. The number of likely N-dealkylation sites (tertiary alicyclic amines) is 1. The van der Waals surface area contributed by atoms with E-state index >= 15 is 0 Å². The maximum atomic E-state index is 11.2. The van der Waals surface area contributed by atoms with E-state index in [2.05, 4.69) is 17.1 Å². The van der Waals surface area contributed by atoms with Crippen LogP contribution in [0.15, 0.2) is 0 Å². The molecule has 3 atom stereocenters. The summed E-state index contributed by atoms with van der Waals surface area (Å²) in [6, 6.07) is 0.194. The summed E-state index contributed by atoms with van der Waals surface area (Å²) < 4.78 is 0. The Morgan fingerprint density at radius 1 is 1.44 bits per heavy atom. The molecule has 1 aliphatic rings. The lowest BCUT2D eigenvalue weighted by atomic mass is 9.88. The first-order valence-electron chi connectivity index (χ1n) is 7.24. The van der Waals surface area contributed by atoms with Gasteiger partial charge in [-0.05, 0) is 31.7 Å². The number of carbonyl (C=O) groups excluding carboxylic acids is 1. The number of hydrogen-bond acceptors (Lipinski definition) is 3. The predicted octanol–water partition coefficient (Wildman–Crippen LogP) is 1.38. The molecule has 4 nitrogen and oxygen atoms in total. The fraction of sp³-hybridized carbons (Fsp3) is 0.929. The largest absolute Gasteiger partial charge is 0.393 e. The van der Waals surface area contributed by atoms with E-state index in [9.17, 15) is 9.90 Å². The van der Waals surface area contributed by atoms with E-state index in [-0.39, 0.29) is 24.0 Å². The molecule has 0 aromatic rings. The van der Waals surface area contributed by atoms with E-state index in [1.165, 1.54) is 12.8 Å². The van der Waals surface area contributed by atoms with Gasteiger partial charge in [0.2, 0.25) is 5.91 Å². The van der Waals surface area contributed by atoms with Crippen LogP contribution in [0.3, 0.4) is 0 Å². The molecule has 18 heavy (non-hydrogen) atoms. The zero-order valence-corrected chi connectivity index (χ0v) is 12.0. The number of piperidine rings is 1. The first kappa shape index (κ1) is 15.4. The normalized spacial score (nSPS) is 26.9. The fourth-order valence-electron chi connectivity index (χ4n) is 2.80. The van der Waals surface area contributed by atoms with Gasteiger partial charge in [-0.25, -0.2) is 0 Å². The lowest BCUT2D eigenvalue weighted by Crippen LogP contribution is -2.52. The van der Waals surface area contributed by atoms with Crippen LogP contribution in [0.25, 0.3) is 0 Å². The Bertz CT molecular complexity index is 258. The van der Waals surface area contributed by atoms with E-state index in [0.29, 0.717) is 0 Å². The van der Waals surface area contributed by atoms with E-state index in [0.717, 1.165) is 32.5 Å². The van der Waals surface area contributed by atoms with Gasteiger partial charge in [-0.15, -0.1) is 0 Å². The molecule has 1 amide bonds. The highest BCUT2D eigenvalue weighted by atomic mass is 16.3. The summed E-state index contributed by atoms with van der Waals surface area (Å²) in [5, 5.41) is 13.0. The Labute approximate surface area is 111 Å². The van der Waals surface area contributed by atoms with Gasteiger partial charge in [0.1, 0.15) is 0 Å². The van der Waals surface area contributed by atoms with Gasteiger partial charge in [0, 0.05) is 26.1 Å². The third kappa shape index (κ3) is 4.94.